The zero-order chi connectivity index (χ0) is 26.4. The fourth-order valence-corrected chi connectivity index (χ4v) is 5.35. The average molecular weight is 555 g/mol. The van der Waals surface area contributed by atoms with Gasteiger partial charge in [0.25, 0.3) is 15.9 Å². The van der Waals surface area contributed by atoms with E-state index in [0.29, 0.717) is 22.1 Å². The maximum atomic E-state index is 13.6. The maximum absolute atomic E-state index is 13.6. The fourth-order valence-electron chi connectivity index (χ4n) is 3.55. The van der Waals surface area contributed by atoms with E-state index in [4.69, 9.17) is 27.9 Å². The zero-order valence-corrected chi connectivity index (χ0v) is 22.2. The number of benzene rings is 4. The number of rotatable bonds is 9. The second-order valence-corrected chi connectivity index (χ2v) is 10.9. The van der Waals surface area contributed by atoms with Crippen molar-refractivity contribution in [3.8, 4) is 5.75 Å². The molecular weight excluding hydrogens is 531 g/mol. The summed E-state index contributed by atoms with van der Waals surface area (Å²) in [7, 11) is -3.84. The Labute approximate surface area is 226 Å². The molecule has 1 N–H and O–H groups in total. The van der Waals surface area contributed by atoms with E-state index in [0.717, 1.165) is 11.1 Å². The van der Waals surface area contributed by atoms with Gasteiger partial charge in [-0.25, -0.2) is 8.42 Å². The second kappa shape index (κ2) is 11.7. The Bertz CT molecular complexity index is 1480. The predicted octanol–water partition coefficient (Wildman–Crippen LogP) is 6.71. The lowest BCUT2D eigenvalue weighted by molar-refractivity contribution is -0.118. The van der Waals surface area contributed by atoms with Crippen molar-refractivity contribution in [3.63, 3.8) is 0 Å². The van der Waals surface area contributed by atoms with Crippen LogP contribution in [0.15, 0.2) is 102 Å². The Hall–Kier alpha value is -3.52. The highest BCUT2D eigenvalue weighted by molar-refractivity contribution is 7.92. The summed E-state index contributed by atoms with van der Waals surface area (Å²) in [6.45, 7) is 1.79. The van der Waals surface area contributed by atoms with Crippen molar-refractivity contribution < 1.29 is 17.9 Å². The molecule has 9 heteroatoms. The van der Waals surface area contributed by atoms with Crippen LogP contribution in [-0.2, 0) is 21.4 Å². The number of halogens is 2. The van der Waals surface area contributed by atoms with Gasteiger partial charge in [0.15, 0.2) is 6.61 Å². The number of aryl methyl sites for hydroxylation is 1. The lowest BCUT2D eigenvalue weighted by Gasteiger charge is -2.25. The van der Waals surface area contributed by atoms with Crippen molar-refractivity contribution in [2.75, 3.05) is 16.2 Å². The number of anilines is 2. The van der Waals surface area contributed by atoms with Gasteiger partial charge in [0, 0.05) is 0 Å². The minimum Gasteiger partial charge on any atom is -0.484 e. The Morgan fingerprint density at radius 2 is 1.54 bits per heavy atom. The summed E-state index contributed by atoms with van der Waals surface area (Å²) in [6, 6.07) is 27.6. The van der Waals surface area contributed by atoms with Gasteiger partial charge < -0.3 is 10.1 Å². The molecule has 0 saturated heterocycles. The van der Waals surface area contributed by atoms with Crippen LogP contribution >= 0.6 is 23.2 Å². The Morgan fingerprint density at radius 3 is 2.22 bits per heavy atom. The van der Waals surface area contributed by atoms with Crippen LogP contribution in [0.4, 0.5) is 11.4 Å². The van der Waals surface area contributed by atoms with Crippen molar-refractivity contribution in [2.45, 2.75) is 18.4 Å². The summed E-state index contributed by atoms with van der Waals surface area (Å²) < 4.78 is 34.1. The van der Waals surface area contributed by atoms with Crippen LogP contribution in [0.1, 0.15) is 11.1 Å². The Balaban J connectivity index is 1.51. The molecule has 0 saturated carbocycles. The number of carbonyl (C=O) groups is 1. The molecule has 0 unspecified atom stereocenters. The molecule has 190 valence electrons. The summed E-state index contributed by atoms with van der Waals surface area (Å²) in [4.78, 5) is 12.5. The maximum Gasteiger partial charge on any atom is 0.264 e. The SMILES string of the molecule is Cc1ccc(S(=O)(=O)N(Cc2ccccc2)c2ccc(OCC(=O)Nc3cccc(Cl)c3Cl)cc2)cc1. The molecule has 4 aromatic rings. The van der Waals surface area contributed by atoms with Gasteiger partial charge in [-0.2, -0.15) is 0 Å². The summed E-state index contributed by atoms with van der Waals surface area (Å²) in [6.07, 6.45) is 0. The van der Waals surface area contributed by atoms with E-state index in [-0.39, 0.29) is 23.1 Å². The number of hydrogen-bond acceptors (Lipinski definition) is 4. The van der Waals surface area contributed by atoms with Crippen LogP contribution in [0.5, 0.6) is 5.75 Å². The number of ether oxygens (including phenoxy) is 1. The van der Waals surface area contributed by atoms with E-state index in [9.17, 15) is 13.2 Å². The molecule has 0 aromatic heterocycles. The van der Waals surface area contributed by atoms with Crippen molar-refractivity contribution in [2.24, 2.45) is 0 Å². The van der Waals surface area contributed by atoms with E-state index in [2.05, 4.69) is 5.32 Å². The highest BCUT2D eigenvalue weighted by Gasteiger charge is 2.25. The number of hydrogen-bond donors (Lipinski definition) is 1. The standard InChI is InChI=1S/C28H24Cl2N2O4S/c1-20-10-16-24(17-11-20)37(34,35)32(18-21-6-3-2-4-7-21)22-12-14-23(15-13-22)36-19-27(33)31-26-9-5-8-25(29)28(26)30/h2-17H,18-19H2,1H3,(H,31,33). The van der Waals surface area contributed by atoms with Gasteiger partial charge in [0.05, 0.1) is 32.9 Å². The molecule has 4 rings (SSSR count). The van der Waals surface area contributed by atoms with E-state index in [1.807, 2.05) is 37.3 Å². The molecule has 0 fully saturated rings. The van der Waals surface area contributed by atoms with Gasteiger partial charge in [-0.1, -0.05) is 77.3 Å². The minimum atomic E-state index is -3.84. The second-order valence-electron chi connectivity index (χ2n) is 8.24. The van der Waals surface area contributed by atoms with Crippen LogP contribution in [0.2, 0.25) is 10.0 Å². The van der Waals surface area contributed by atoms with E-state index in [1.165, 1.54) is 4.31 Å². The third kappa shape index (κ3) is 6.63. The van der Waals surface area contributed by atoms with Crippen LogP contribution in [0.3, 0.4) is 0 Å². The monoisotopic (exact) mass is 554 g/mol. The molecule has 0 aliphatic heterocycles. The first kappa shape index (κ1) is 26.5. The number of nitrogens with zero attached hydrogens (tertiary/aromatic N) is 1. The highest BCUT2D eigenvalue weighted by Crippen LogP contribution is 2.30. The number of carbonyl (C=O) groups excluding carboxylic acids is 1. The molecule has 0 radical (unpaired) electrons. The first-order valence-corrected chi connectivity index (χ1v) is 13.5. The minimum absolute atomic E-state index is 0.153. The smallest absolute Gasteiger partial charge is 0.264 e. The summed E-state index contributed by atoms with van der Waals surface area (Å²) in [5, 5.41) is 3.23. The van der Waals surface area contributed by atoms with Crippen LogP contribution < -0.4 is 14.4 Å². The van der Waals surface area contributed by atoms with Crippen LogP contribution in [-0.4, -0.2) is 20.9 Å². The van der Waals surface area contributed by atoms with Crippen LogP contribution in [0, 0.1) is 6.92 Å². The largest absolute Gasteiger partial charge is 0.484 e. The fraction of sp³-hybridized carbons (Fsp3) is 0.107. The zero-order valence-electron chi connectivity index (χ0n) is 19.9. The lowest BCUT2D eigenvalue weighted by atomic mass is 10.2. The molecule has 0 atom stereocenters. The van der Waals surface area contributed by atoms with Gasteiger partial charge in [0.1, 0.15) is 5.75 Å². The first-order chi connectivity index (χ1) is 17.7. The molecule has 0 bridgehead atoms. The normalized spacial score (nSPS) is 11.1. The van der Waals surface area contributed by atoms with Crippen molar-refractivity contribution in [3.05, 3.63) is 118 Å². The Morgan fingerprint density at radius 1 is 0.865 bits per heavy atom. The summed E-state index contributed by atoms with van der Waals surface area (Å²) >= 11 is 12.1. The highest BCUT2D eigenvalue weighted by atomic mass is 35.5. The molecule has 0 heterocycles. The third-order valence-electron chi connectivity index (χ3n) is 5.50. The third-order valence-corrected chi connectivity index (χ3v) is 8.11. The van der Waals surface area contributed by atoms with Gasteiger partial charge in [0.2, 0.25) is 0 Å². The Kier molecular flexibility index (Phi) is 8.38. The van der Waals surface area contributed by atoms with Gasteiger partial charge in [-0.05, 0) is 61.0 Å². The van der Waals surface area contributed by atoms with Crippen molar-refractivity contribution in [1.82, 2.24) is 0 Å². The predicted molar refractivity (Wildman–Crippen MR) is 148 cm³/mol. The summed E-state index contributed by atoms with van der Waals surface area (Å²) in [5.74, 6) is -0.00983. The molecule has 0 aliphatic carbocycles. The van der Waals surface area contributed by atoms with E-state index >= 15 is 0 Å². The van der Waals surface area contributed by atoms with Crippen molar-refractivity contribution in [1.29, 1.82) is 0 Å². The quantitative estimate of drug-likeness (QED) is 0.249. The molecule has 1 amide bonds. The number of sulfonamides is 1. The van der Waals surface area contributed by atoms with Crippen LogP contribution in [0.25, 0.3) is 0 Å². The van der Waals surface area contributed by atoms with Crippen molar-refractivity contribution >= 4 is 50.5 Å². The molecule has 0 aliphatic rings. The van der Waals surface area contributed by atoms with Gasteiger partial charge >= 0.3 is 0 Å². The topological polar surface area (TPSA) is 75.7 Å². The van der Waals surface area contributed by atoms with Gasteiger partial charge in [-0.3, -0.25) is 9.10 Å². The van der Waals surface area contributed by atoms with Gasteiger partial charge in [-0.15, -0.1) is 0 Å². The number of nitrogens with one attached hydrogen (secondary N) is 1. The molecule has 4 aromatic carbocycles. The molecule has 37 heavy (non-hydrogen) atoms. The average Bonchev–Trinajstić information content (AvgIpc) is 2.90. The first-order valence-electron chi connectivity index (χ1n) is 11.3. The number of amides is 1. The lowest BCUT2D eigenvalue weighted by Crippen LogP contribution is -2.30. The summed E-state index contributed by atoms with van der Waals surface area (Å²) in [5.41, 5.74) is 2.66. The van der Waals surface area contributed by atoms with E-state index in [1.54, 1.807) is 66.7 Å². The van der Waals surface area contributed by atoms with E-state index < -0.39 is 15.9 Å². The molecule has 6 nitrogen and oxygen atoms in total. The molecule has 0 spiro atoms. The molecular formula is C28H24Cl2N2O4S.